The summed E-state index contributed by atoms with van der Waals surface area (Å²) in [4.78, 5) is 16.8. The fraction of sp³-hybridized carbons (Fsp3) is 0.250. The Labute approximate surface area is 211 Å². The van der Waals surface area contributed by atoms with Crippen molar-refractivity contribution in [2.24, 2.45) is 0 Å². The van der Waals surface area contributed by atoms with E-state index < -0.39 is 11.7 Å². The van der Waals surface area contributed by atoms with Crippen LogP contribution in [0.1, 0.15) is 5.56 Å². The van der Waals surface area contributed by atoms with E-state index in [1.807, 2.05) is 0 Å². The number of nitrogens with zero attached hydrogens (tertiary/aromatic N) is 2. The Morgan fingerprint density at radius 2 is 1.68 bits per heavy atom. The van der Waals surface area contributed by atoms with Crippen LogP contribution in [0.5, 0.6) is 11.5 Å². The first-order valence-corrected chi connectivity index (χ1v) is 11.9. The molecule has 1 fully saturated rings. The van der Waals surface area contributed by atoms with E-state index in [0.29, 0.717) is 67.2 Å². The second-order valence-corrected chi connectivity index (χ2v) is 8.88. The number of piperazine rings is 1. The molecule has 0 unspecified atom stereocenters. The number of hydrogen-bond donors (Lipinski definition) is 1. The summed E-state index contributed by atoms with van der Waals surface area (Å²) in [7, 11) is 0. The summed E-state index contributed by atoms with van der Waals surface area (Å²) in [6, 6.07) is 17.1. The first kappa shape index (κ1) is 24.7. The molecule has 0 spiro atoms. The molecule has 1 N–H and O–H groups in total. The van der Waals surface area contributed by atoms with E-state index in [1.165, 1.54) is 30.5 Å². The first-order chi connectivity index (χ1) is 17.8. The SMILES string of the molecule is O=c1c(-c2ccc(O)cc2)coc2cc(OCCN3CCN(c4ccccc4C(F)(F)F)CC3)ccc12. The van der Waals surface area contributed by atoms with E-state index in [2.05, 4.69) is 4.90 Å². The predicted molar refractivity (Wildman–Crippen MR) is 135 cm³/mol. The minimum Gasteiger partial charge on any atom is -0.508 e. The van der Waals surface area contributed by atoms with Gasteiger partial charge in [-0.3, -0.25) is 9.69 Å². The van der Waals surface area contributed by atoms with E-state index in [4.69, 9.17) is 9.15 Å². The molecule has 3 aromatic carbocycles. The highest BCUT2D eigenvalue weighted by atomic mass is 19.4. The minimum absolute atomic E-state index is 0.115. The third-order valence-corrected chi connectivity index (χ3v) is 6.52. The van der Waals surface area contributed by atoms with Crippen LogP contribution in [0.25, 0.3) is 22.1 Å². The summed E-state index contributed by atoms with van der Waals surface area (Å²) in [5.41, 5.74) is 0.890. The molecule has 0 amide bonds. The number of para-hydroxylation sites is 1. The van der Waals surface area contributed by atoms with E-state index >= 15 is 0 Å². The molecule has 192 valence electrons. The summed E-state index contributed by atoms with van der Waals surface area (Å²) >= 11 is 0. The van der Waals surface area contributed by atoms with Crippen LogP contribution in [-0.2, 0) is 6.18 Å². The van der Waals surface area contributed by atoms with Gasteiger partial charge in [-0.2, -0.15) is 13.2 Å². The van der Waals surface area contributed by atoms with E-state index in [9.17, 15) is 23.1 Å². The molecule has 1 aromatic heterocycles. The smallest absolute Gasteiger partial charge is 0.418 e. The molecule has 5 rings (SSSR count). The molecule has 0 saturated carbocycles. The van der Waals surface area contributed by atoms with Crippen LogP contribution in [0.15, 0.2) is 82.2 Å². The number of phenolic OH excluding ortho intramolecular Hbond substituents is 1. The van der Waals surface area contributed by atoms with Crippen LogP contribution < -0.4 is 15.1 Å². The van der Waals surface area contributed by atoms with Crippen molar-refractivity contribution in [3.05, 3.63) is 88.8 Å². The molecule has 0 aliphatic carbocycles. The Morgan fingerprint density at radius 1 is 0.946 bits per heavy atom. The van der Waals surface area contributed by atoms with E-state index in [1.54, 1.807) is 41.3 Å². The van der Waals surface area contributed by atoms with E-state index in [-0.39, 0.29) is 16.9 Å². The average molecular weight is 511 g/mol. The highest BCUT2D eigenvalue weighted by Crippen LogP contribution is 2.36. The van der Waals surface area contributed by atoms with Crippen molar-refractivity contribution in [1.29, 1.82) is 0 Å². The number of hydrogen-bond acceptors (Lipinski definition) is 6. The van der Waals surface area contributed by atoms with Crippen LogP contribution >= 0.6 is 0 Å². The molecule has 6 nitrogen and oxygen atoms in total. The number of rotatable bonds is 6. The lowest BCUT2D eigenvalue weighted by atomic mass is 10.1. The topological polar surface area (TPSA) is 66.2 Å². The van der Waals surface area contributed by atoms with Crippen molar-refractivity contribution in [3.8, 4) is 22.6 Å². The Morgan fingerprint density at radius 3 is 2.41 bits per heavy atom. The molecule has 9 heteroatoms. The number of fused-ring (bicyclic) bond motifs is 1. The van der Waals surface area contributed by atoms with Crippen LogP contribution in [0, 0.1) is 0 Å². The summed E-state index contributed by atoms with van der Waals surface area (Å²) in [6.45, 7) is 3.26. The third kappa shape index (κ3) is 5.41. The maximum Gasteiger partial charge on any atom is 0.418 e. The predicted octanol–water partition coefficient (Wildman–Crippen LogP) is 5.39. The maximum atomic E-state index is 13.4. The molecule has 0 bridgehead atoms. The van der Waals surface area contributed by atoms with Crippen molar-refractivity contribution in [1.82, 2.24) is 4.90 Å². The van der Waals surface area contributed by atoms with Crippen LogP contribution in [0.4, 0.5) is 18.9 Å². The monoisotopic (exact) mass is 510 g/mol. The number of benzene rings is 3. The second kappa shape index (κ2) is 10.2. The molecular weight excluding hydrogens is 485 g/mol. The van der Waals surface area contributed by atoms with Gasteiger partial charge in [0, 0.05) is 44.5 Å². The van der Waals surface area contributed by atoms with Gasteiger partial charge in [-0.05, 0) is 42.0 Å². The zero-order chi connectivity index (χ0) is 26.0. The molecule has 37 heavy (non-hydrogen) atoms. The normalized spacial score (nSPS) is 14.7. The lowest BCUT2D eigenvalue weighted by molar-refractivity contribution is -0.137. The van der Waals surface area contributed by atoms with Crippen molar-refractivity contribution >= 4 is 16.7 Å². The summed E-state index contributed by atoms with van der Waals surface area (Å²) < 4.78 is 51.6. The molecule has 0 atom stereocenters. The van der Waals surface area contributed by atoms with Crippen molar-refractivity contribution in [2.45, 2.75) is 6.18 Å². The lowest BCUT2D eigenvalue weighted by Crippen LogP contribution is -2.48. The van der Waals surface area contributed by atoms with Gasteiger partial charge in [-0.25, -0.2) is 0 Å². The first-order valence-electron chi connectivity index (χ1n) is 11.9. The Bertz CT molecular complexity index is 1440. The average Bonchev–Trinajstić information content (AvgIpc) is 2.89. The largest absolute Gasteiger partial charge is 0.508 e. The van der Waals surface area contributed by atoms with Gasteiger partial charge < -0.3 is 19.2 Å². The van der Waals surface area contributed by atoms with Crippen LogP contribution in [0.3, 0.4) is 0 Å². The standard InChI is InChI=1S/C28H25F3N2O4/c29-28(30,31)24-3-1-2-4-25(24)33-13-11-32(12-14-33)15-16-36-21-9-10-22-26(17-21)37-18-23(27(22)35)19-5-7-20(34)8-6-19/h1-10,17-18,34H,11-16H2. The van der Waals surface area contributed by atoms with Gasteiger partial charge in [0.25, 0.3) is 0 Å². The number of ether oxygens (including phenoxy) is 1. The highest BCUT2D eigenvalue weighted by Gasteiger charge is 2.35. The van der Waals surface area contributed by atoms with Gasteiger partial charge in [0.05, 0.1) is 16.5 Å². The number of phenols is 1. The quantitative estimate of drug-likeness (QED) is 0.376. The van der Waals surface area contributed by atoms with Crippen molar-refractivity contribution < 1.29 is 27.4 Å². The Balaban J connectivity index is 1.18. The van der Waals surface area contributed by atoms with Crippen molar-refractivity contribution in [3.63, 3.8) is 0 Å². The number of alkyl halides is 3. The Kier molecular flexibility index (Phi) is 6.80. The minimum atomic E-state index is -4.38. The molecular formula is C28H25F3N2O4. The highest BCUT2D eigenvalue weighted by molar-refractivity contribution is 5.82. The summed E-state index contributed by atoms with van der Waals surface area (Å²) in [5.74, 6) is 0.676. The molecule has 2 heterocycles. The second-order valence-electron chi connectivity index (χ2n) is 8.88. The zero-order valence-electron chi connectivity index (χ0n) is 19.9. The fourth-order valence-electron chi connectivity index (χ4n) is 4.53. The van der Waals surface area contributed by atoms with E-state index in [0.717, 1.165) is 6.07 Å². The lowest BCUT2D eigenvalue weighted by Gasteiger charge is -2.37. The van der Waals surface area contributed by atoms with Gasteiger partial charge in [0.1, 0.15) is 30.0 Å². The molecule has 4 aromatic rings. The zero-order valence-corrected chi connectivity index (χ0v) is 19.9. The third-order valence-electron chi connectivity index (χ3n) is 6.52. The molecule has 1 saturated heterocycles. The van der Waals surface area contributed by atoms with Gasteiger partial charge in [0.2, 0.25) is 0 Å². The molecule has 1 aliphatic rings. The van der Waals surface area contributed by atoms with Crippen LogP contribution in [0.2, 0.25) is 0 Å². The van der Waals surface area contributed by atoms with Crippen molar-refractivity contribution in [2.75, 3.05) is 44.2 Å². The number of halogens is 3. The van der Waals surface area contributed by atoms with Crippen LogP contribution in [-0.4, -0.2) is 49.3 Å². The molecule has 1 aliphatic heterocycles. The summed E-state index contributed by atoms with van der Waals surface area (Å²) in [6.07, 6.45) is -2.98. The number of aromatic hydroxyl groups is 1. The van der Waals surface area contributed by atoms with Gasteiger partial charge in [-0.15, -0.1) is 0 Å². The fourth-order valence-corrected chi connectivity index (χ4v) is 4.53. The Hall–Kier alpha value is -3.98. The number of anilines is 1. The molecule has 0 radical (unpaired) electrons. The van der Waals surface area contributed by atoms with Gasteiger partial charge in [-0.1, -0.05) is 24.3 Å². The maximum absolute atomic E-state index is 13.4. The van der Waals surface area contributed by atoms with Gasteiger partial charge in [0.15, 0.2) is 5.43 Å². The van der Waals surface area contributed by atoms with Gasteiger partial charge >= 0.3 is 6.18 Å². The summed E-state index contributed by atoms with van der Waals surface area (Å²) in [5, 5.41) is 9.89.